The van der Waals surface area contributed by atoms with Crippen molar-refractivity contribution < 1.29 is 9.90 Å². The Morgan fingerprint density at radius 3 is 2.78 bits per heavy atom. The fourth-order valence-electron chi connectivity index (χ4n) is 1.74. The topological polar surface area (TPSA) is 80.0 Å². The Morgan fingerprint density at radius 1 is 1.50 bits per heavy atom. The van der Waals surface area contributed by atoms with Crippen molar-refractivity contribution in [3.8, 4) is 0 Å². The van der Waals surface area contributed by atoms with E-state index in [2.05, 4.69) is 14.8 Å². The average molecular weight is 266 g/mol. The molecule has 0 spiro atoms. The molecule has 2 rings (SSSR count). The molecular formula is C11H14N4O2S. The molecule has 2 heterocycles. The van der Waals surface area contributed by atoms with Gasteiger partial charge in [0.25, 0.3) is 0 Å². The van der Waals surface area contributed by atoms with Gasteiger partial charge in [0.1, 0.15) is 10.6 Å². The molecule has 2 aromatic rings. The van der Waals surface area contributed by atoms with Gasteiger partial charge in [-0.25, -0.2) is 4.79 Å². The maximum atomic E-state index is 11.1. The standard InChI is InChI=1S/C11H14N4O2S/c1-6-8(5-15(3)13-6)4-12-10-9(11(16)17)7(2)14-18-10/h5,12H,4H2,1-3H3,(H,16,17). The highest BCUT2D eigenvalue weighted by Gasteiger charge is 2.17. The Kier molecular flexibility index (Phi) is 3.33. The number of hydrogen-bond acceptors (Lipinski definition) is 5. The third-order valence-corrected chi connectivity index (χ3v) is 3.53. The van der Waals surface area contributed by atoms with Gasteiger partial charge < -0.3 is 10.4 Å². The maximum Gasteiger partial charge on any atom is 0.340 e. The van der Waals surface area contributed by atoms with Crippen LogP contribution in [0.2, 0.25) is 0 Å². The van der Waals surface area contributed by atoms with Crippen LogP contribution in [0.3, 0.4) is 0 Å². The third kappa shape index (κ3) is 2.35. The largest absolute Gasteiger partial charge is 0.478 e. The lowest BCUT2D eigenvalue weighted by atomic mass is 10.2. The number of anilines is 1. The van der Waals surface area contributed by atoms with Crippen molar-refractivity contribution in [3.63, 3.8) is 0 Å². The summed E-state index contributed by atoms with van der Waals surface area (Å²) in [5, 5.41) is 17.0. The van der Waals surface area contributed by atoms with E-state index in [1.807, 2.05) is 20.2 Å². The molecule has 0 saturated carbocycles. The van der Waals surface area contributed by atoms with Gasteiger partial charge in [0.05, 0.1) is 11.4 Å². The van der Waals surface area contributed by atoms with E-state index in [9.17, 15) is 4.79 Å². The molecule has 0 saturated heterocycles. The highest BCUT2D eigenvalue weighted by molar-refractivity contribution is 7.10. The quantitative estimate of drug-likeness (QED) is 0.882. The predicted octanol–water partition coefficient (Wildman–Crippen LogP) is 1.80. The Labute approximate surface area is 108 Å². The Morgan fingerprint density at radius 2 is 2.22 bits per heavy atom. The van der Waals surface area contributed by atoms with Crippen LogP contribution in [0.4, 0.5) is 5.00 Å². The number of aryl methyl sites for hydroxylation is 3. The molecule has 0 unspecified atom stereocenters. The van der Waals surface area contributed by atoms with E-state index in [0.717, 1.165) is 11.3 Å². The molecule has 2 aromatic heterocycles. The van der Waals surface area contributed by atoms with Gasteiger partial charge in [-0.1, -0.05) is 0 Å². The zero-order valence-corrected chi connectivity index (χ0v) is 11.2. The van der Waals surface area contributed by atoms with Crippen LogP contribution in [0.15, 0.2) is 6.20 Å². The molecule has 7 heteroatoms. The van der Waals surface area contributed by atoms with E-state index in [0.29, 0.717) is 17.2 Å². The monoisotopic (exact) mass is 266 g/mol. The zero-order valence-electron chi connectivity index (χ0n) is 10.4. The molecule has 0 aliphatic carbocycles. The highest BCUT2D eigenvalue weighted by Crippen LogP contribution is 2.25. The minimum Gasteiger partial charge on any atom is -0.478 e. The second kappa shape index (κ2) is 4.77. The number of aromatic nitrogens is 3. The first-order chi connectivity index (χ1) is 8.49. The van der Waals surface area contributed by atoms with Crippen LogP contribution in [0.1, 0.15) is 27.3 Å². The second-order valence-corrected chi connectivity index (χ2v) is 4.82. The summed E-state index contributed by atoms with van der Waals surface area (Å²) in [5.74, 6) is -0.952. The third-order valence-electron chi connectivity index (χ3n) is 2.63. The Bertz CT molecular complexity index is 588. The predicted molar refractivity (Wildman–Crippen MR) is 69.1 cm³/mol. The number of rotatable bonds is 4. The van der Waals surface area contributed by atoms with Crippen LogP contribution in [0.25, 0.3) is 0 Å². The van der Waals surface area contributed by atoms with E-state index < -0.39 is 5.97 Å². The summed E-state index contributed by atoms with van der Waals surface area (Å²) in [4.78, 5) is 11.1. The number of carboxylic acid groups (broad SMARTS) is 1. The molecule has 0 atom stereocenters. The smallest absolute Gasteiger partial charge is 0.340 e. The molecule has 96 valence electrons. The summed E-state index contributed by atoms with van der Waals surface area (Å²) in [5.41, 5.74) is 2.77. The molecule has 0 aromatic carbocycles. The van der Waals surface area contributed by atoms with Crippen LogP contribution in [0.5, 0.6) is 0 Å². The first-order valence-electron chi connectivity index (χ1n) is 5.41. The molecule has 0 bridgehead atoms. The van der Waals surface area contributed by atoms with Crippen molar-refractivity contribution in [1.29, 1.82) is 0 Å². The lowest BCUT2D eigenvalue weighted by Crippen LogP contribution is -2.05. The molecule has 0 radical (unpaired) electrons. The molecule has 2 N–H and O–H groups in total. The number of nitrogens with zero attached hydrogens (tertiary/aromatic N) is 3. The SMILES string of the molecule is Cc1nn(C)cc1CNc1snc(C)c1C(=O)O. The van der Waals surface area contributed by atoms with E-state index in [1.165, 1.54) is 11.5 Å². The molecule has 0 fully saturated rings. The van der Waals surface area contributed by atoms with E-state index >= 15 is 0 Å². The summed E-state index contributed by atoms with van der Waals surface area (Å²) < 4.78 is 5.79. The highest BCUT2D eigenvalue weighted by atomic mass is 32.1. The van der Waals surface area contributed by atoms with Crippen molar-refractivity contribution in [2.24, 2.45) is 7.05 Å². The van der Waals surface area contributed by atoms with Crippen molar-refractivity contribution in [2.75, 3.05) is 5.32 Å². The van der Waals surface area contributed by atoms with E-state index in [-0.39, 0.29) is 5.56 Å². The summed E-state index contributed by atoms with van der Waals surface area (Å²) in [7, 11) is 1.86. The van der Waals surface area contributed by atoms with Gasteiger partial charge in [0.2, 0.25) is 0 Å². The van der Waals surface area contributed by atoms with Crippen LogP contribution >= 0.6 is 11.5 Å². The van der Waals surface area contributed by atoms with Gasteiger partial charge in [-0.2, -0.15) is 9.47 Å². The fraction of sp³-hybridized carbons (Fsp3) is 0.364. The lowest BCUT2D eigenvalue weighted by Gasteiger charge is -2.03. The first kappa shape index (κ1) is 12.6. The number of aromatic carboxylic acids is 1. The minimum atomic E-state index is -0.952. The van der Waals surface area contributed by atoms with Gasteiger partial charge in [0, 0.05) is 25.4 Å². The molecule has 0 aliphatic heterocycles. The fourth-order valence-corrected chi connectivity index (χ4v) is 2.52. The van der Waals surface area contributed by atoms with Crippen molar-refractivity contribution >= 4 is 22.5 Å². The van der Waals surface area contributed by atoms with E-state index in [1.54, 1.807) is 11.6 Å². The first-order valence-corrected chi connectivity index (χ1v) is 6.19. The summed E-state index contributed by atoms with van der Waals surface area (Å²) >= 11 is 1.17. The number of carboxylic acids is 1. The molecule has 0 aliphatic rings. The van der Waals surface area contributed by atoms with Crippen LogP contribution < -0.4 is 5.32 Å². The normalized spacial score (nSPS) is 10.6. The summed E-state index contributed by atoms with van der Waals surface area (Å²) in [6.07, 6.45) is 1.91. The second-order valence-electron chi connectivity index (χ2n) is 4.04. The van der Waals surface area contributed by atoms with E-state index in [4.69, 9.17) is 5.11 Å². The maximum absolute atomic E-state index is 11.1. The molecule has 0 amide bonds. The van der Waals surface area contributed by atoms with Crippen molar-refractivity contribution in [2.45, 2.75) is 20.4 Å². The van der Waals surface area contributed by atoms with Gasteiger partial charge in [-0.05, 0) is 25.4 Å². The Hall–Kier alpha value is -1.89. The molecule has 6 nitrogen and oxygen atoms in total. The minimum absolute atomic E-state index is 0.251. The van der Waals surface area contributed by atoms with Gasteiger partial charge in [0.15, 0.2) is 0 Å². The van der Waals surface area contributed by atoms with Crippen LogP contribution in [-0.4, -0.2) is 25.2 Å². The zero-order chi connectivity index (χ0) is 13.3. The van der Waals surface area contributed by atoms with Crippen molar-refractivity contribution in [1.82, 2.24) is 14.2 Å². The van der Waals surface area contributed by atoms with Gasteiger partial charge in [-0.15, -0.1) is 0 Å². The summed E-state index contributed by atoms with van der Waals surface area (Å²) in [6, 6.07) is 0. The molecule has 18 heavy (non-hydrogen) atoms. The van der Waals surface area contributed by atoms with Crippen molar-refractivity contribution in [3.05, 3.63) is 28.7 Å². The van der Waals surface area contributed by atoms with Crippen LogP contribution in [0, 0.1) is 13.8 Å². The average Bonchev–Trinajstić information content (AvgIpc) is 2.79. The number of hydrogen-bond donors (Lipinski definition) is 2. The number of nitrogens with one attached hydrogen (secondary N) is 1. The van der Waals surface area contributed by atoms with Gasteiger partial charge >= 0.3 is 5.97 Å². The lowest BCUT2D eigenvalue weighted by molar-refractivity contribution is 0.0697. The summed E-state index contributed by atoms with van der Waals surface area (Å²) in [6.45, 7) is 4.16. The molecular weight excluding hydrogens is 252 g/mol. The Balaban J connectivity index is 2.16. The van der Waals surface area contributed by atoms with Gasteiger partial charge in [-0.3, -0.25) is 4.68 Å². The number of carbonyl (C=O) groups is 1. The van der Waals surface area contributed by atoms with Crippen LogP contribution in [-0.2, 0) is 13.6 Å².